The van der Waals surface area contributed by atoms with Crippen molar-refractivity contribution in [3.8, 4) is 11.5 Å². The number of aromatic nitrogens is 2. The van der Waals surface area contributed by atoms with Gasteiger partial charge in [0.15, 0.2) is 5.75 Å². The van der Waals surface area contributed by atoms with Crippen LogP contribution in [0.1, 0.15) is 23.5 Å². The molecule has 1 aliphatic heterocycles. The molecule has 1 fully saturated rings. The SMILES string of the molecule is C=C(N)c1cccc(N2C[C@@H](c3ccc(Cl)c(Oc4cncnc4)c3)CC2=O)c1. The van der Waals surface area contributed by atoms with Gasteiger partial charge in [0.25, 0.3) is 0 Å². The summed E-state index contributed by atoms with van der Waals surface area (Å²) in [7, 11) is 0. The number of carbonyl (C=O) groups excluding carboxylic acids is 1. The fraction of sp³-hybridized carbons (Fsp3) is 0.136. The molecule has 29 heavy (non-hydrogen) atoms. The van der Waals surface area contributed by atoms with Crippen LogP contribution in [-0.4, -0.2) is 22.4 Å². The van der Waals surface area contributed by atoms with Crippen LogP contribution in [0.15, 0.2) is 67.8 Å². The standard InChI is InChI=1S/C22H19ClN4O2/c1-14(24)15-3-2-4-18(7-15)27-12-17(9-22(27)28)16-5-6-20(23)21(8-16)29-19-10-25-13-26-11-19/h2-8,10-11,13,17H,1,9,12,24H2/t17-/m0/s1. The highest BCUT2D eigenvalue weighted by Gasteiger charge is 2.32. The first-order chi connectivity index (χ1) is 14.0. The first kappa shape index (κ1) is 19.0. The third kappa shape index (κ3) is 4.07. The molecule has 2 aromatic carbocycles. The number of hydrogen-bond donors (Lipinski definition) is 1. The van der Waals surface area contributed by atoms with E-state index in [2.05, 4.69) is 16.5 Å². The van der Waals surface area contributed by atoms with Crippen molar-refractivity contribution in [2.24, 2.45) is 5.73 Å². The molecular weight excluding hydrogens is 388 g/mol. The van der Waals surface area contributed by atoms with Gasteiger partial charge >= 0.3 is 0 Å². The second-order valence-electron chi connectivity index (χ2n) is 6.85. The van der Waals surface area contributed by atoms with E-state index in [4.69, 9.17) is 22.1 Å². The molecule has 3 aromatic rings. The second-order valence-corrected chi connectivity index (χ2v) is 7.25. The van der Waals surface area contributed by atoms with Crippen molar-refractivity contribution in [1.82, 2.24) is 9.97 Å². The first-order valence-corrected chi connectivity index (χ1v) is 9.46. The van der Waals surface area contributed by atoms with Gasteiger partial charge in [-0.2, -0.15) is 0 Å². The largest absolute Gasteiger partial charge is 0.453 e. The Labute approximate surface area is 173 Å². The van der Waals surface area contributed by atoms with E-state index in [0.717, 1.165) is 16.8 Å². The van der Waals surface area contributed by atoms with Gasteiger partial charge in [-0.05, 0) is 35.4 Å². The number of nitrogens with zero attached hydrogens (tertiary/aromatic N) is 3. The number of hydrogen-bond acceptors (Lipinski definition) is 5. The van der Waals surface area contributed by atoms with E-state index in [1.165, 1.54) is 6.33 Å². The van der Waals surface area contributed by atoms with Crippen LogP contribution in [0, 0.1) is 0 Å². The highest BCUT2D eigenvalue weighted by molar-refractivity contribution is 6.32. The maximum atomic E-state index is 12.7. The molecule has 0 spiro atoms. The quantitative estimate of drug-likeness (QED) is 0.680. The maximum Gasteiger partial charge on any atom is 0.227 e. The molecule has 1 aromatic heterocycles. The number of ether oxygens (including phenoxy) is 1. The second kappa shape index (κ2) is 7.93. The van der Waals surface area contributed by atoms with E-state index in [1.807, 2.05) is 36.4 Å². The predicted molar refractivity (Wildman–Crippen MR) is 113 cm³/mol. The summed E-state index contributed by atoms with van der Waals surface area (Å²) in [6, 6.07) is 13.1. The summed E-state index contributed by atoms with van der Waals surface area (Å²) in [6.07, 6.45) is 4.96. The van der Waals surface area contributed by atoms with E-state index in [9.17, 15) is 4.79 Å². The zero-order valence-electron chi connectivity index (χ0n) is 15.6. The lowest BCUT2D eigenvalue weighted by molar-refractivity contribution is -0.117. The number of halogens is 1. The van der Waals surface area contributed by atoms with Crippen molar-refractivity contribution in [2.75, 3.05) is 11.4 Å². The molecule has 0 aliphatic carbocycles. The molecule has 6 nitrogen and oxygen atoms in total. The number of nitrogens with two attached hydrogens (primary N) is 1. The molecule has 1 amide bonds. The van der Waals surface area contributed by atoms with Crippen molar-refractivity contribution in [1.29, 1.82) is 0 Å². The molecule has 146 valence electrons. The number of amides is 1. The van der Waals surface area contributed by atoms with Crippen LogP contribution >= 0.6 is 11.6 Å². The van der Waals surface area contributed by atoms with Gasteiger partial charge in [0.05, 0.1) is 17.4 Å². The minimum Gasteiger partial charge on any atom is -0.453 e. The van der Waals surface area contributed by atoms with Crippen LogP contribution in [0.5, 0.6) is 11.5 Å². The number of anilines is 1. The fourth-order valence-electron chi connectivity index (χ4n) is 3.37. The molecule has 0 saturated carbocycles. The lowest BCUT2D eigenvalue weighted by atomic mass is 9.98. The predicted octanol–water partition coefficient (Wildman–Crippen LogP) is 4.37. The van der Waals surface area contributed by atoms with Crippen molar-refractivity contribution in [3.05, 3.63) is 83.9 Å². The molecule has 0 bridgehead atoms. The van der Waals surface area contributed by atoms with Gasteiger partial charge in [0.1, 0.15) is 12.1 Å². The Bertz CT molecular complexity index is 1070. The molecule has 7 heteroatoms. The minimum absolute atomic E-state index is 0.0267. The fourth-order valence-corrected chi connectivity index (χ4v) is 3.53. The number of carbonyl (C=O) groups is 1. The van der Waals surface area contributed by atoms with Gasteiger partial charge in [-0.15, -0.1) is 0 Å². The Morgan fingerprint density at radius 1 is 1.21 bits per heavy atom. The summed E-state index contributed by atoms with van der Waals surface area (Å²) >= 11 is 6.29. The smallest absolute Gasteiger partial charge is 0.227 e. The van der Waals surface area contributed by atoms with E-state index >= 15 is 0 Å². The van der Waals surface area contributed by atoms with Crippen molar-refractivity contribution >= 4 is 28.9 Å². The van der Waals surface area contributed by atoms with Crippen LogP contribution in [0.2, 0.25) is 5.02 Å². The Morgan fingerprint density at radius 2 is 2.00 bits per heavy atom. The number of rotatable bonds is 5. The van der Waals surface area contributed by atoms with Crippen LogP contribution in [0.25, 0.3) is 5.70 Å². The van der Waals surface area contributed by atoms with Crippen molar-refractivity contribution in [2.45, 2.75) is 12.3 Å². The molecule has 4 rings (SSSR count). The van der Waals surface area contributed by atoms with Gasteiger partial charge in [-0.25, -0.2) is 9.97 Å². The van der Waals surface area contributed by atoms with Crippen LogP contribution in [-0.2, 0) is 4.79 Å². The highest BCUT2D eigenvalue weighted by Crippen LogP contribution is 2.37. The number of benzene rings is 2. The lowest BCUT2D eigenvalue weighted by Crippen LogP contribution is -2.24. The minimum atomic E-state index is 0.0267. The van der Waals surface area contributed by atoms with Gasteiger partial charge < -0.3 is 15.4 Å². The molecule has 2 heterocycles. The Hall–Kier alpha value is -3.38. The van der Waals surface area contributed by atoms with E-state index in [1.54, 1.807) is 23.4 Å². The van der Waals surface area contributed by atoms with Gasteiger partial charge in [0.2, 0.25) is 5.91 Å². The van der Waals surface area contributed by atoms with Crippen molar-refractivity contribution < 1.29 is 9.53 Å². The Kier molecular flexibility index (Phi) is 5.18. The van der Waals surface area contributed by atoms with E-state index in [-0.39, 0.29) is 11.8 Å². The normalized spacial score (nSPS) is 16.1. The Morgan fingerprint density at radius 3 is 2.76 bits per heavy atom. The lowest BCUT2D eigenvalue weighted by Gasteiger charge is -2.18. The molecule has 1 saturated heterocycles. The average Bonchev–Trinajstić information content (AvgIpc) is 3.12. The monoisotopic (exact) mass is 406 g/mol. The Balaban J connectivity index is 1.57. The molecule has 0 unspecified atom stereocenters. The van der Waals surface area contributed by atoms with Crippen molar-refractivity contribution in [3.63, 3.8) is 0 Å². The van der Waals surface area contributed by atoms with Gasteiger partial charge in [-0.3, -0.25) is 4.79 Å². The summed E-state index contributed by atoms with van der Waals surface area (Å²) < 4.78 is 5.81. The molecule has 2 N–H and O–H groups in total. The van der Waals surface area contributed by atoms with E-state index < -0.39 is 0 Å². The van der Waals surface area contributed by atoms with E-state index in [0.29, 0.717) is 35.2 Å². The average molecular weight is 407 g/mol. The third-order valence-electron chi connectivity index (χ3n) is 4.85. The summed E-state index contributed by atoms with van der Waals surface area (Å²) in [6.45, 7) is 4.33. The third-order valence-corrected chi connectivity index (χ3v) is 5.16. The zero-order chi connectivity index (χ0) is 20.4. The molecule has 1 atom stereocenters. The molecular formula is C22H19ClN4O2. The van der Waals surface area contributed by atoms with Gasteiger partial charge in [-0.1, -0.05) is 36.4 Å². The van der Waals surface area contributed by atoms with Crippen LogP contribution < -0.4 is 15.4 Å². The topological polar surface area (TPSA) is 81.3 Å². The zero-order valence-corrected chi connectivity index (χ0v) is 16.3. The van der Waals surface area contributed by atoms with Gasteiger partial charge in [0, 0.05) is 30.3 Å². The highest BCUT2D eigenvalue weighted by atomic mass is 35.5. The van der Waals surface area contributed by atoms with Crippen LogP contribution in [0.4, 0.5) is 5.69 Å². The summed E-state index contributed by atoms with van der Waals surface area (Å²) in [5.41, 5.74) is 8.87. The van der Waals surface area contributed by atoms with Crippen LogP contribution in [0.3, 0.4) is 0 Å². The maximum absolute atomic E-state index is 12.7. The molecule has 1 aliphatic rings. The summed E-state index contributed by atoms with van der Waals surface area (Å²) in [4.78, 5) is 22.3. The molecule has 0 radical (unpaired) electrons. The summed E-state index contributed by atoms with van der Waals surface area (Å²) in [5, 5.41) is 0.480. The summed E-state index contributed by atoms with van der Waals surface area (Å²) in [5.74, 6) is 1.09. The first-order valence-electron chi connectivity index (χ1n) is 9.09.